The predicted octanol–water partition coefficient (Wildman–Crippen LogP) is 6.49. The van der Waals surface area contributed by atoms with Crippen LogP contribution in [0.15, 0.2) is 30.3 Å². The normalized spacial score (nSPS) is 30.4. The van der Waals surface area contributed by atoms with E-state index in [9.17, 15) is 4.79 Å². The van der Waals surface area contributed by atoms with Gasteiger partial charge in [-0.05, 0) is 68.6 Å². The number of nitrogens with one attached hydrogen (secondary N) is 1. The highest BCUT2D eigenvalue weighted by atomic mass is 32.1. The third kappa shape index (κ3) is 3.95. The first-order valence-corrected chi connectivity index (χ1v) is 12.7. The molecule has 1 heterocycles. The Balaban J connectivity index is 1.40. The fourth-order valence-electron chi connectivity index (χ4n) is 6.88. The maximum absolute atomic E-state index is 13.4. The molecule has 1 aromatic heterocycles. The van der Waals surface area contributed by atoms with Crippen molar-refractivity contribution < 1.29 is 4.79 Å². The molecular weight excluding hydrogens is 388 g/mol. The van der Waals surface area contributed by atoms with Crippen molar-refractivity contribution in [2.24, 2.45) is 23.7 Å². The van der Waals surface area contributed by atoms with Gasteiger partial charge in [-0.3, -0.25) is 4.79 Å². The second-order valence-electron chi connectivity index (χ2n) is 10.4. The molecule has 1 N–H and O–H groups in total. The lowest BCUT2D eigenvalue weighted by atomic mass is 9.53. The first-order valence-electron chi connectivity index (χ1n) is 11.9. The highest BCUT2D eigenvalue weighted by molar-refractivity contribution is 7.14. The minimum atomic E-state index is 0.0417. The topological polar surface area (TPSA) is 42.0 Å². The van der Waals surface area contributed by atoms with E-state index in [4.69, 9.17) is 4.98 Å². The standard InChI is InChI=1S/C26H34N2OS/c1-3-7-17(2)10-22-23(21-8-5-4-6-9-21)27-25(30-22)24(29)28-26-14-18-11-19(15-26)13-20(12-18)16-26/h4-6,8-9,17-20H,3,7,10-16H2,1-2H3,(H,28,29). The van der Waals surface area contributed by atoms with Gasteiger partial charge in [0.25, 0.3) is 5.91 Å². The molecule has 1 atom stereocenters. The average molecular weight is 423 g/mol. The zero-order chi connectivity index (χ0) is 20.7. The zero-order valence-electron chi connectivity index (χ0n) is 18.3. The molecular formula is C26H34N2OS. The average Bonchev–Trinajstić information content (AvgIpc) is 3.11. The van der Waals surface area contributed by atoms with Gasteiger partial charge in [-0.1, -0.05) is 57.0 Å². The molecule has 4 aliphatic rings. The Hall–Kier alpha value is -1.68. The van der Waals surface area contributed by atoms with Gasteiger partial charge < -0.3 is 5.32 Å². The van der Waals surface area contributed by atoms with E-state index in [1.807, 2.05) is 6.07 Å². The number of hydrogen-bond acceptors (Lipinski definition) is 3. The highest BCUT2D eigenvalue weighted by Gasteiger charge is 2.51. The number of rotatable bonds is 7. The number of nitrogens with zero attached hydrogens (tertiary/aromatic N) is 1. The molecule has 1 amide bonds. The second-order valence-corrected chi connectivity index (χ2v) is 11.5. The van der Waals surface area contributed by atoms with Crippen LogP contribution in [0.4, 0.5) is 0 Å². The first kappa shape index (κ1) is 20.2. The summed E-state index contributed by atoms with van der Waals surface area (Å²) in [5.74, 6) is 3.17. The molecule has 4 aliphatic carbocycles. The highest BCUT2D eigenvalue weighted by Crippen LogP contribution is 2.55. The molecule has 0 aliphatic heterocycles. The lowest BCUT2D eigenvalue weighted by Gasteiger charge is -2.56. The van der Waals surface area contributed by atoms with Crippen molar-refractivity contribution in [1.82, 2.24) is 10.3 Å². The Labute approximate surface area is 184 Å². The van der Waals surface area contributed by atoms with Crippen LogP contribution in [0, 0.1) is 23.7 Å². The van der Waals surface area contributed by atoms with Crippen molar-refractivity contribution in [2.45, 2.75) is 77.2 Å². The molecule has 160 valence electrons. The Bertz CT molecular complexity index is 868. The molecule has 6 rings (SSSR count). The minimum Gasteiger partial charge on any atom is -0.345 e. The Morgan fingerprint density at radius 3 is 2.37 bits per heavy atom. The molecule has 1 aromatic carbocycles. The fourth-order valence-corrected chi connectivity index (χ4v) is 8.02. The summed E-state index contributed by atoms with van der Waals surface area (Å²) in [4.78, 5) is 19.5. The summed E-state index contributed by atoms with van der Waals surface area (Å²) in [7, 11) is 0. The number of amides is 1. The van der Waals surface area contributed by atoms with Crippen LogP contribution in [0.1, 0.15) is 79.9 Å². The molecule has 1 unspecified atom stereocenters. The molecule has 4 saturated carbocycles. The van der Waals surface area contributed by atoms with E-state index in [1.165, 1.54) is 56.2 Å². The predicted molar refractivity (Wildman–Crippen MR) is 124 cm³/mol. The zero-order valence-corrected chi connectivity index (χ0v) is 19.1. The molecule has 30 heavy (non-hydrogen) atoms. The van der Waals surface area contributed by atoms with Crippen molar-refractivity contribution in [1.29, 1.82) is 0 Å². The fraction of sp³-hybridized carbons (Fsp3) is 0.615. The van der Waals surface area contributed by atoms with Crippen LogP contribution in [0.3, 0.4) is 0 Å². The van der Waals surface area contributed by atoms with Crippen molar-refractivity contribution in [3.8, 4) is 11.3 Å². The van der Waals surface area contributed by atoms with E-state index < -0.39 is 0 Å². The molecule has 4 heteroatoms. The quantitative estimate of drug-likeness (QED) is 0.554. The third-order valence-corrected chi connectivity index (χ3v) is 8.75. The van der Waals surface area contributed by atoms with E-state index in [1.54, 1.807) is 11.3 Å². The largest absolute Gasteiger partial charge is 0.345 e. The van der Waals surface area contributed by atoms with Crippen LogP contribution in [0.2, 0.25) is 0 Å². The summed E-state index contributed by atoms with van der Waals surface area (Å²) in [6.07, 6.45) is 11.1. The van der Waals surface area contributed by atoms with E-state index >= 15 is 0 Å². The van der Waals surface area contributed by atoms with Gasteiger partial charge in [0.05, 0.1) is 5.69 Å². The Morgan fingerprint density at radius 1 is 1.13 bits per heavy atom. The van der Waals surface area contributed by atoms with Gasteiger partial charge in [-0.25, -0.2) is 4.98 Å². The maximum Gasteiger partial charge on any atom is 0.280 e. The third-order valence-electron chi connectivity index (χ3n) is 7.67. The van der Waals surface area contributed by atoms with Gasteiger partial charge >= 0.3 is 0 Å². The number of carbonyl (C=O) groups excluding carboxylic acids is 1. The Morgan fingerprint density at radius 2 is 1.77 bits per heavy atom. The molecule has 2 aromatic rings. The van der Waals surface area contributed by atoms with E-state index in [-0.39, 0.29) is 11.4 Å². The van der Waals surface area contributed by atoms with Crippen molar-refractivity contribution in [2.75, 3.05) is 0 Å². The minimum absolute atomic E-state index is 0.0417. The number of aromatic nitrogens is 1. The Kier molecular flexibility index (Phi) is 5.47. The van der Waals surface area contributed by atoms with Gasteiger partial charge in [0, 0.05) is 16.0 Å². The van der Waals surface area contributed by atoms with Crippen LogP contribution >= 0.6 is 11.3 Å². The number of carbonyl (C=O) groups is 1. The van der Waals surface area contributed by atoms with Crippen LogP contribution in [0.5, 0.6) is 0 Å². The molecule has 4 fully saturated rings. The number of hydrogen-bond donors (Lipinski definition) is 1. The van der Waals surface area contributed by atoms with E-state index in [0.29, 0.717) is 10.9 Å². The summed E-state index contributed by atoms with van der Waals surface area (Å²) in [6, 6.07) is 10.4. The van der Waals surface area contributed by atoms with E-state index in [2.05, 4.69) is 43.4 Å². The van der Waals surface area contributed by atoms with Crippen molar-refractivity contribution in [3.63, 3.8) is 0 Å². The lowest BCUT2D eigenvalue weighted by molar-refractivity contribution is -0.0167. The van der Waals surface area contributed by atoms with Crippen LogP contribution < -0.4 is 5.32 Å². The molecule has 0 spiro atoms. The number of thiazole rings is 1. The van der Waals surface area contributed by atoms with E-state index in [0.717, 1.165) is 35.4 Å². The van der Waals surface area contributed by atoms with Gasteiger partial charge in [0.2, 0.25) is 0 Å². The van der Waals surface area contributed by atoms with Gasteiger partial charge in [0.1, 0.15) is 0 Å². The summed E-state index contributed by atoms with van der Waals surface area (Å²) >= 11 is 1.62. The summed E-state index contributed by atoms with van der Waals surface area (Å²) in [5, 5.41) is 4.18. The SMILES string of the molecule is CCCC(C)Cc1sc(C(=O)NC23CC4CC(CC(C4)C2)C3)nc1-c1ccccc1. The van der Waals surface area contributed by atoms with Crippen molar-refractivity contribution in [3.05, 3.63) is 40.2 Å². The monoisotopic (exact) mass is 422 g/mol. The summed E-state index contributed by atoms with van der Waals surface area (Å²) in [6.45, 7) is 4.55. The van der Waals surface area contributed by atoms with Gasteiger partial charge in [-0.15, -0.1) is 11.3 Å². The van der Waals surface area contributed by atoms with Gasteiger partial charge in [0.15, 0.2) is 5.01 Å². The van der Waals surface area contributed by atoms with Crippen molar-refractivity contribution >= 4 is 17.2 Å². The van der Waals surface area contributed by atoms with Crippen LogP contribution in [-0.4, -0.2) is 16.4 Å². The molecule has 3 nitrogen and oxygen atoms in total. The van der Waals surface area contributed by atoms with Crippen LogP contribution in [0.25, 0.3) is 11.3 Å². The summed E-state index contributed by atoms with van der Waals surface area (Å²) in [5.41, 5.74) is 2.18. The lowest BCUT2D eigenvalue weighted by Crippen LogP contribution is -2.59. The molecule has 0 radical (unpaired) electrons. The van der Waals surface area contributed by atoms with Crippen LogP contribution in [-0.2, 0) is 6.42 Å². The number of benzene rings is 1. The van der Waals surface area contributed by atoms with Gasteiger partial charge in [-0.2, -0.15) is 0 Å². The molecule has 4 bridgehead atoms. The smallest absolute Gasteiger partial charge is 0.280 e. The maximum atomic E-state index is 13.4. The second kappa shape index (κ2) is 8.11. The summed E-state index contributed by atoms with van der Waals surface area (Å²) < 4.78 is 0. The molecule has 0 saturated heterocycles. The first-order chi connectivity index (χ1) is 14.5.